The lowest BCUT2D eigenvalue weighted by Gasteiger charge is -2.11. The van der Waals surface area contributed by atoms with Gasteiger partial charge in [-0.25, -0.2) is 15.0 Å². The minimum atomic E-state index is -4.43. The van der Waals surface area contributed by atoms with E-state index in [1.54, 1.807) is 12.3 Å². The molecule has 0 unspecified atom stereocenters. The molecule has 10 heteroatoms. The first-order chi connectivity index (χ1) is 12.9. The van der Waals surface area contributed by atoms with Crippen molar-refractivity contribution in [2.24, 2.45) is 4.99 Å². The summed E-state index contributed by atoms with van der Waals surface area (Å²) >= 11 is 0.956. The molecule has 6 nitrogen and oxygen atoms in total. The molecule has 0 amide bonds. The van der Waals surface area contributed by atoms with Crippen molar-refractivity contribution < 1.29 is 17.9 Å². The number of hydrogen-bond donors (Lipinski definition) is 2. The van der Waals surface area contributed by atoms with E-state index < -0.39 is 11.9 Å². The molecule has 2 heterocycles. The van der Waals surface area contributed by atoms with Gasteiger partial charge in [0.05, 0.1) is 19.7 Å². The van der Waals surface area contributed by atoms with Gasteiger partial charge in [-0.2, -0.15) is 13.2 Å². The smallest absolute Gasteiger partial charge is 0.434 e. The third-order valence-corrected chi connectivity index (χ3v) is 4.14. The fourth-order valence-electron chi connectivity index (χ4n) is 2.06. The molecule has 2 N–H and O–H groups in total. The van der Waals surface area contributed by atoms with Gasteiger partial charge < -0.3 is 15.4 Å². The maximum atomic E-state index is 12.6. The van der Waals surface area contributed by atoms with E-state index in [1.165, 1.54) is 0 Å². The van der Waals surface area contributed by atoms with Gasteiger partial charge in [-0.1, -0.05) is 13.0 Å². The van der Waals surface area contributed by atoms with E-state index in [0.29, 0.717) is 36.5 Å². The van der Waals surface area contributed by atoms with Crippen molar-refractivity contribution in [3.8, 4) is 5.88 Å². The number of guanidine groups is 1. The predicted molar refractivity (Wildman–Crippen MR) is 98.8 cm³/mol. The standard InChI is InChI=1S/C17H22F3N5OS/c1-3-8-26-15-12(6-5-7-22-15)9-23-16(21-4-2)24-10-14-25-13(11-27-14)17(18,19)20/h5-7,11H,3-4,8-10H2,1-2H3,(H2,21,23,24). The van der Waals surface area contributed by atoms with Crippen LogP contribution in [0.15, 0.2) is 28.7 Å². The van der Waals surface area contributed by atoms with Crippen LogP contribution < -0.4 is 15.4 Å². The third kappa shape index (κ3) is 6.70. The van der Waals surface area contributed by atoms with Crippen LogP contribution in [-0.4, -0.2) is 29.1 Å². The van der Waals surface area contributed by atoms with E-state index in [-0.39, 0.29) is 6.54 Å². The molecular formula is C17H22F3N5OS. The number of thiazole rings is 1. The summed E-state index contributed by atoms with van der Waals surface area (Å²) in [6.07, 6.45) is -1.90. The molecule has 27 heavy (non-hydrogen) atoms. The lowest BCUT2D eigenvalue weighted by Crippen LogP contribution is -2.36. The van der Waals surface area contributed by atoms with Crippen LogP contribution in [0, 0.1) is 0 Å². The Bertz CT molecular complexity index is 748. The zero-order valence-corrected chi connectivity index (χ0v) is 16.0. The number of aromatic nitrogens is 2. The molecule has 148 valence electrons. The third-order valence-electron chi connectivity index (χ3n) is 3.29. The highest BCUT2D eigenvalue weighted by molar-refractivity contribution is 7.09. The fraction of sp³-hybridized carbons (Fsp3) is 0.471. The Balaban J connectivity index is 2.01. The topological polar surface area (TPSA) is 71.4 Å². The monoisotopic (exact) mass is 401 g/mol. The van der Waals surface area contributed by atoms with Gasteiger partial charge in [-0.05, 0) is 19.4 Å². The summed E-state index contributed by atoms with van der Waals surface area (Å²) in [5.41, 5.74) is -0.0453. The number of pyridine rings is 1. The Hall–Kier alpha value is -2.36. The van der Waals surface area contributed by atoms with E-state index in [4.69, 9.17) is 4.74 Å². The first kappa shape index (κ1) is 20.9. The summed E-state index contributed by atoms with van der Waals surface area (Å²) in [4.78, 5) is 12.3. The van der Waals surface area contributed by atoms with Crippen molar-refractivity contribution in [2.45, 2.75) is 39.5 Å². The van der Waals surface area contributed by atoms with Gasteiger partial charge >= 0.3 is 6.18 Å². The van der Waals surface area contributed by atoms with Crippen molar-refractivity contribution in [2.75, 3.05) is 13.2 Å². The molecule has 0 bridgehead atoms. The number of aliphatic imine (C=N–C) groups is 1. The molecule has 0 spiro atoms. The molecule has 0 fully saturated rings. The second-order valence-electron chi connectivity index (χ2n) is 5.49. The van der Waals surface area contributed by atoms with Gasteiger partial charge in [0, 0.05) is 23.7 Å². The highest BCUT2D eigenvalue weighted by atomic mass is 32.1. The molecule has 2 aromatic rings. The van der Waals surface area contributed by atoms with Crippen LogP contribution in [-0.2, 0) is 19.3 Å². The highest BCUT2D eigenvalue weighted by Crippen LogP contribution is 2.29. The Labute approximate surface area is 159 Å². The minimum Gasteiger partial charge on any atom is -0.477 e. The molecule has 0 aliphatic rings. The summed E-state index contributed by atoms with van der Waals surface area (Å²) in [5.74, 6) is 1.01. The Kier molecular flexibility index (Phi) is 7.83. The second kappa shape index (κ2) is 10.1. The van der Waals surface area contributed by atoms with Gasteiger partial charge in [0.25, 0.3) is 0 Å². The zero-order chi connectivity index (χ0) is 19.7. The number of nitrogens with zero attached hydrogens (tertiary/aromatic N) is 3. The lowest BCUT2D eigenvalue weighted by atomic mass is 10.3. The molecule has 0 atom stereocenters. The van der Waals surface area contributed by atoms with Crippen LogP contribution in [0.1, 0.15) is 36.5 Å². The molecule has 0 saturated carbocycles. The maximum Gasteiger partial charge on any atom is 0.434 e. The number of hydrogen-bond acceptors (Lipinski definition) is 5. The van der Waals surface area contributed by atoms with Crippen LogP contribution in [0.25, 0.3) is 0 Å². The zero-order valence-electron chi connectivity index (χ0n) is 15.1. The van der Waals surface area contributed by atoms with Gasteiger partial charge in [0.2, 0.25) is 5.88 Å². The molecule has 0 saturated heterocycles. The molecule has 0 aliphatic carbocycles. The summed E-state index contributed by atoms with van der Waals surface area (Å²) in [6, 6.07) is 3.68. The number of alkyl halides is 3. The largest absolute Gasteiger partial charge is 0.477 e. The minimum absolute atomic E-state index is 0.152. The van der Waals surface area contributed by atoms with Crippen molar-refractivity contribution in [1.82, 2.24) is 20.6 Å². The quantitative estimate of drug-likeness (QED) is 0.522. The highest BCUT2D eigenvalue weighted by Gasteiger charge is 2.33. The molecule has 0 radical (unpaired) electrons. The van der Waals surface area contributed by atoms with Crippen molar-refractivity contribution in [3.63, 3.8) is 0 Å². The van der Waals surface area contributed by atoms with Crippen LogP contribution >= 0.6 is 11.3 Å². The average Bonchev–Trinajstić information content (AvgIpc) is 3.12. The average molecular weight is 401 g/mol. The van der Waals surface area contributed by atoms with Crippen molar-refractivity contribution in [1.29, 1.82) is 0 Å². The van der Waals surface area contributed by atoms with E-state index in [1.807, 2.05) is 19.9 Å². The maximum absolute atomic E-state index is 12.6. The predicted octanol–water partition coefficient (Wildman–Crippen LogP) is 3.60. The van der Waals surface area contributed by atoms with Crippen LogP contribution in [0.5, 0.6) is 5.88 Å². The van der Waals surface area contributed by atoms with Crippen LogP contribution in [0.2, 0.25) is 0 Å². The normalized spacial score (nSPS) is 12.1. The van der Waals surface area contributed by atoms with E-state index in [0.717, 1.165) is 28.7 Å². The Morgan fingerprint density at radius 3 is 2.78 bits per heavy atom. The van der Waals surface area contributed by atoms with E-state index >= 15 is 0 Å². The molecular weight excluding hydrogens is 379 g/mol. The summed E-state index contributed by atoms with van der Waals surface area (Å²) < 4.78 is 43.5. The molecule has 0 aromatic carbocycles. The second-order valence-corrected chi connectivity index (χ2v) is 6.43. The van der Waals surface area contributed by atoms with Crippen LogP contribution in [0.4, 0.5) is 13.2 Å². The van der Waals surface area contributed by atoms with Crippen molar-refractivity contribution >= 4 is 17.3 Å². The number of halogens is 3. The molecule has 2 aromatic heterocycles. The first-order valence-corrected chi connectivity index (χ1v) is 9.42. The Morgan fingerprint density at radius 2 is 2.11 bits per heavy atom. The van der Waals surface area contributed by atoms with Crippen LogP contribution in [0.3, 0.4) is 0 Å². The number of nitrogens with one attached hydrogen (secondary N) is 2. The fourth-order valence-corrected chi connectivity index (χ4v) is 2.80. The van der Waals surface area contributed by atoms with E-state index in [2.05, 4.69) is 25.6 Å². The van der Waals surface area contributed by atoms with Gasteiger partial charge in [-0.3, -0.25) is 0 Å². The van der Waals surface area contributed by atoms with Gasteiger partial charge in [-0.15, -0.1) is 11.3 Å². The summed E-state index contributed by atoms with van der Waals surface area (Å²) in [7, 11) is 0. The number of ether oxygens (including phenoxy) is 1. The molecule has 0 aliphatic heterocycles. The van der Waals surface area contributed by atoms with Crippen molar-refractivity contribution in [3.05, 3.63) is 40.0 Å². The molecule has 2 rings (SSSR count). The SMILES string of the molecule is CCCOc1ncccc1CN=C(NCC)NCc1nc(C(F)(F)F)cs1. The lowest BCUT2D eigenvalue weighted by molar-refractivity contribution is -0.140. The van der Waals surface area contributed by atoms with Gasteiger partial charge in [0.1, 0.15) is 5.01 Å². The Morgan fingerprint density at radius 1 is 1.30 bits per heavy atom. The summed E-state index contributed by atoms with van der Waals surface area (Å²) in [5, 5.41) is 7.39. The number of rotatable bonds is 8. The van der Waals surface area contributed by atoms with Gasteiger partial charge in [0.15, 0.2) is 11.7 Å². The summed E-state index contributed by atoms with van der Waals surface area (Å²) in [6.45, 7) is 5.58. The van der Waals surface area contributed by atoms with E-state index in [9.17, 15) is 13.2 Å². The first-order valence-electron chi connectivity index (χ1n) is 8.54.